The number of guanidine groups is 1. The molecule has 2 rings (SSSR count). The Morgan fingerprint density at radius 1 is 1.22 bits per heavy atom. The summed E-state index contributed by atoms with van der Waals surface area (Å²) in [5, 5.41) is 9.59. The van der Waals surface area contributed by atoms with Gasteiger partial charge in [-0.2, -0.15) is 0 Å². The first-order valence-corrected chi connectivity index (χ1v) is 9.84. The van der Waals surface area contributed by atoms with Gasteiger partial charge in [-0.1, -0.05) is 0 Å². The summed E-state index contributed by atoms with van der Waals surface area (Å²) in [6.45, 7) is 6.02. The average Bonchev–Trinajstić information content (AvgIpc) is 3.14. The highest BCUT2D eigenvalue weighted by Gasteiger charge is 2.07. The summed E-state index contributed by atoms with van der Waals surface area (Å²) < 4.78 is 11.1. The number of benzene rings is 1. The van der Waals surface area contributed by atoms with Gasteiger partial charge in [0.15, 0.2) is 11.1 Å². The van der Waals surface area contributed by atoms with E-state index in [1.807, 2.05) is 62.5 Å². The molecule has 0 bridgehead atoms. The van der Waals surface area contributed by atoms with E-state index in [0.717, 1.165) is 34.8 Å². The summed E-state index contributed by atoms with van der Waals surface area (Å²) in [4.78, 5) is 11.2. The third-order valence-corrected chi connectivity index (χ3v) is 4.68. The smallest absolute Gasteiger partial charge is 0.191 e. The zero-order valence-corrected chi connectivity index (χ0v) is 17.5. The molecule has 0 spiro atoms. The van der Waals surface area contributed by atoms with E-state index in [1.54, 1.807) is 18.4 Å². The van der Waals surface area contributed by atoms with Crippen LogP contribution in [0, 0.1) is 0 Å². The van der Waals surface area contributed by atoms with Crippen molar-refractivity contribution in [1.82, 2.24) is 15.6 Å². The number of hydrogen-bond donors (Lipinski definition) is 2. The van der Waals surface area contributed by atoms with E-state index in [2.05, 4.69) is 20.6 Å². The van der Waals surface area contributed by atoms with Crippen LogP contribution in [0.15, 0.2) is 34.6 Å². The Hall–Kier alpha value is -2.48. The Morgan fingerprint density at radius 2 is 1.93 bits per heavy atom. The normalized spacial score (nSPS) is 12.4. The van der Waals surface area contributed by atoms with Gasteiger partial charge in [-0.15, -0.1) is 11.3 Å². The molecule has 0 saturated heterocycles. The number of hydrogen-bond acceptors (Lipinski definition) is 6. The van der Waals surface area contributed by atoms with Crippen molar-refractivity contribution in [2.45, 2.75) is 26.5 Å². The Kier molecular flexibility index (Phi) is 8.19. The first-order valence-electron chi connectivity index (χ1n) is 8.96. The van der Waals surface area contributed by atoms with Gasteiger partial charge in [0.1, 0.15) is 17.6 Å². The number of rotatable bonds is 9. The van der Waals surface area contributed by atoms with Gasteiger partial charge >= 0.3 is 0 Å². The van der Waals surface area contributed by atoms with E-state index in [9.17, 15) is 0 Å². The second-order valence-corrected chi connectivity index (χ2v) is 7.03. The standard InChI is InChI=1S/C19H29N5O2S/c1-6-20-18(22-12-15-13-27-19(23-15)24(3)4)21-11-14(2)26-17-9-7-16(25-5)8-10-17/h7-10,13-14H,6,11-12H2,1-5H3,(H2,20,21,22). The number of nitrogens with zero attached hydrogens (tertiary/aromatic N) is 3. The first-order chi connectivity index (χ1) is 13.0. The molecule has 0 aliphatic carbocycles. The second-order valence-electron chi connectivity index (χ2n) is 6.20. The summed E-state index contributed by atoms with van der Waals surface area (Å²) >= 11 is 1.62. The molecule has 0 fully saturated rings. The van der Waals surface area contributed by atoms with Gasteiger partial charge < -0.3 is 25.0 Å². The maximum absolute atomic E-state index is 5.92. The van der Waals surface area contributed by atoms with Crippen LogP contribution >= 0.6 is 11.3 Å². The summed E-state index contributed by atoms with van der Waals surface area (Å²) in [5.74, 6) is 2.38. The molecule has 0 radical (unpaired) electrons. The highest BCUT2D eigenvalue weighted by Crippen LogP contribution is 2.19. The Balaban J connectivity index is 1.86. The first kappa shape index (κ1) is 20.8. The lowest BCUT2D eigenvalue weighted by Crippen LogP contribution is -2.41. The van der Waals surface area contributed by atoms with Crippen molar-refractivity contribution in [1.29, 1.82) is 0 Å². The number of aliphatic imine (C=N–C) groups is 1. The van der Waals surface area contributed by atoms with Crippen molar-refractivity contribution in [2.75, 3.05) is 39.2 Å². The van der Waals surface area contributed by atoms with Gasteiger partial charge in [0.2, 0.25) is 0 Å². The van der Waals surface area contributed by atoms with Crippen molar-refractivity contribution in [3.63, 3.8) is 0 Å². The second kappa shape index (κ2) is 10.6. The maximum Gasteiger partial charge on any atom is 0.191 e. The van der Waals surface area contributed by atoms with Gasteiger partial charge in [0.05, 0.1) is 25.9 Å². The number of ether oxygens (including phenoxy) is 2. The minimum Gasteiger partial charge on any atom is -0.497 e. The van der Waals surface area contributed by atoms with Crippen molar-refractivity contribution >= 4 is 22.4 Å². The van der Waals surface area contributed by atoms with Crippen LogP contribution in [0.5, 0.6) is 11.5 Å². The Labute approximate surface area is 165 Å². The van der Waals surface area contributed by atoms with E-state index < -0.39 is 0 Å². The molecule has 2 aromatic rings. The number of aromatic nitrogens is 1. The van der Waals surface area contributed by atoms with Gasteiger partial charge in [-0.3, -0.25) is 0 Å². The SMILES string of the molecule is CCNC(=NCc1csc(N(C)C)n1)NCC(C)Oc1ccc(OC)cc1. The molecule has 8 heteroatoms. The monoisotopic (exact) mass is 391 g/mol. The molecule has 1 atom stereocenters. The lowest BCUT2D eigenvalue weighted by atomic mass is 10.3. The topological polar surface area (TPSA) is 71.0 Å². The van der Waals surface area contributed by atoms with Crippen LogP contribution in [0.3, 0.4) is 0 Å². The van der Waals surface area contributed by atoms with Crippen molar-refractivity contribution in [3.8, 4) is 11.5 Å². The number of methoxy groups -OCH3 is 1. The minimum atomic E-state index is -0.0122. The van der Waals surface area contributed by atoms with E-state index in [0.29, 0.717) is 13.1 Å². The van der Waals surface area contributed by atoms with Gasteiger partial charge in [0, 0.05) is 26.0 Å². The average molecular weight is 392 g/mol. The van der Waals surface area contributed by atoms with Crippen molar-refractivity contribution < 1.29 is 9.47 Å². The van der Waals surface area contributed by atoms with Crippen LogP contribution in [0.2, 0.25) is 0 Å². The van der Waals surface area contributed by atoms with Crippen LogP contribution in [0.1, 0.15) is 19.5 Å². The minimum absolute atomic E-state index is 0.0122. The largest absolute Gasteiger partial charge is 0.497 e. The molecule has 0 aliphatic rings. The summed E-state index contributed by atoms with van der Waals surface area (Å²) in [6.07, 6.45) is -0.0122. The number of thiazole rings is 1. The van der Waals surface area contributed by atoms with E-state index in [4.69, 9.17) is 9.47 Å². The van der Waals surface area contributed by atoms with E-state index in [1.165, 1.54) is 0 Å². The van der Waals surface area contributed by atoms with Crippen LogP contribution in [-0.4, -0.2) is 51.3 Å². The maximum atomic E-state index is 5.92. The molecule has 148 valence electrons. The molecular weight excluding hydrogens is 362 g/mol. The highest BCUT2D eigenvalue weighted by atomic mass is 32.1. The fourth-order valence-electron chi connectivity index (χ4n) is 2.24. The zero-order chi connectivity index (χ0) is 19.6. The highest BCUT2D eigenvalue weighted by molar-refractivity contribution is 7.13. The molecule has 0 aliphatic heterocycles. The van der Waals surface area contributed by atoms with Crippen molar-refractivity contribution in [3.05, 3.63) is 35.3 Å². The molecule has 7 nitrogen and oxygen atoms in total. The van der Waals surface area contributed by atoms with Crippen LogP contribution < -0.4 is 25.0 Å². The van der Waals surface area contributed by atoms with Crippen LogP contribution in [0.4, 0.5) is 5.13 Å². The quantitative estimate of drug-likeness (QED) is 0.506. The van der Waals surface area contributed by atoms with Gasteiger partial charge in [-0.25, -0.2) is 9.98 Å². The fourth-order valence-corrected chi connectivity index (χ4v) is 2.99. The van der Waals surface area contributed by atoms with Crippen LogP contribution in [-0.2, 0) is 6.54 Å². The summed E-state index contributed by atoms with van der Waals surface area (Å²) in [5.41, 5.74) is 0.962. The summed E-state index contributed by atoms with van der Waals surface area (Å²) in [6, 6.07) is 7.58. The predicted octanol–water partition coefficient (Wildman–Crippen LogP) is 2.74. The van der Waals surface area contributed by atoms with E-state index >= 15 is 0 Å². The third kappa shape index (κ3) is 6.97. The molecular formula is C19H29N5O2S. The lowest BCUT2D eigenvalue weighted by molar-refractivity contribution is 0.223. The molecule has 1 heterocycles. The molecule has 2 N–H and O–H groups in total. The van der Waals surface area contributed by atoms with E-state index in [-0.39, 0.29) is 6.10 Å². The molecule has 1 unspecified atom stereocenters. The third-order valence-electron chi connectivity index (χ3n) is 3.62. The Bertz CT molecular complexity index is 715. The summed E-state index contributed by atoms with van der Waals surface area (Å²) in [7, 11) is 5.63. The lowest BCUT2D eigenvalue weighted by Gasteiger charge is -2.17. The number of nitrogens with one attached hydrogen (secondary N) is 2. The predicted molar refractivity (Wildman–Crippen MR) is 112 cm³/mol. The van der Waals surface area contributed by atoms with Gasteiger partial charge in [0.25, 0.3) is 0 Å². The molecule has 1 aromatic heterocycles. The van der Waals surface area contributed by atoms with Gasteiger partial charge in [-0.05, 0) is 38.1 Å². The van der Waals surface area contributed by atoms with Crippen molar-refractivity contribution in [2.24, 2.45) is 4.99 Å². The fraction of sp³-hybridized carbons (Fsp3) is 0.474. The molecule has 27 heavy (non-hydrogen) atoms. The zero-order valence-electron chi connectivity index (χ0n) is 16.7. The molecule has 0 amide bonds. The van der Waals surface area contributed by atoms with Crippen LogP contribution in [0.25, 0.3) is 0 Å². The molecule has 0 saturated carbocycles. The number of anilines is 1. The molecule has 1 aromatic carbocycles. The Morgan fingerprint density at radius 3 is 2.52 bits per heavy atom.